The van der Waals surface area contributed by atoms with Gasteiger partial charge in [0.25, 0.3) is 17.9 Å². The van der Waals surface area contributed by atoms with Gasteiger partial charge >= 0.3 is 7.32 Å². The average molecular weight is 263 g/mol. The summed E-state index contributed by atoms with van der Waals surface area (Å²) in [4.78, 5) is 31.2. The van der Waals surface area contributed by atoms with Crippen molar-refractivity contribution in [2.45, 2.75) is 20.8 Å². The molecule has 0 aromatic carbocycles. The second-order valence-electron chi connectivity index (χ2n) is 4.80. The van der Waals surface area contributed by atoms with E-state index in [-0.39, 0.29) is 1.43 Å². The number of rotatable bonds is 3. The second-order valence-corrected chi connectivity index (χ2v) is 4.80. The van der Waals surface area contributed by atoms with Crippen molar-refractivity contribution in [1.29, 1.82) is 0 Å². The Morgan fingerprint density at radius 3 is 1.06 bits per heavy atom. The number of carbonyl (C=O) groups excluding carboxylic acids is 3. The van der Waals surface area contributed by atoms with Gasteiger partial charge in [0.1, 0.15) is 0 Å². The molecule has 0 spiro atoms. The zero-order valence-electron chi connectivity index (χ0n) is 13.0. The Kier molecular flexibility index (Phi) is 8.89. The minimum atomic E-state index is -1.59. The van der Waals surface area contributed by atoms with Crippen LogP contribution in [0.15, 0.2) is 0 Å². The predicted octanol–water partition coefficient (Wildman–Crippen LogP) is 0.0955. The number of nitrogens with zero attached hydrogens (tertiary/aromatic N) is 1. The summed E-state index contributed by atoms with van der Waals surface area (Å²) >= 11 is 0. The summed E-state index contributed by atoms with van der Waals surface area (Å²) in [6, 6.07) is 0. The lowest BCUT2D eigenvalue weighted by molar-refractivity contribution is -0.849. The summed E-state index contributed by atoms with van der Waals surface area (Å²) in [5.41, 5.74) is 0. The van der Waals surface area contributed by atoms with Crippen molar-refractivity contribution in [2.24, 2.45) is 0 Å². The molecule has 0 saturated carbocycles. The van der Waals surface area contributed by atoms with Crippen LogP contribution in [0.3, 0.4) is 0 Å². The first-order valence-corrected chi connectivity index (χ1v) is 5.22. The van der Waals surface area contributed by atoms with Gasteiger partial charge in [-0.15, -0.1) is 0 Å². The van der Waals surface area contributed by atoms with Crippen LogP contribution in [0.2, 0.25) is 0 Å². The maximum atomic E-state index is 10.4. The fourth-order valence-corrected chi connectivity index (χ4v) is 0.479. The SMILES string of the molecule is CC(=O)OB(OC(C)=O)OC(C)=O.C[N+](C)(C)C.[H-]. The van der Waals surface area contributed by atoms with Crippen molar-refractivity contribution in [2.75, 3.05) is 28.2 Å². The Balaban J connectivity index is -0.000000366. The van der Waals surface area contributed by atoms with E-state index in [1.54, 1.807) is 0 Å². The van der Waals surface area contributed by atoms with E-state index in [0.29, 0.717) is 0 Å². The fraction of sp³-hybridized carbons (Fsp3) is 0.700. The molecular formula is C10H22BNO6. The van der Waals surface area contributed by atoms with Crippen LogP contribution in [-0.2, 0) is 28.3 Å². The third-order valence-electron chi connectivity index (χ3n) is 0.787. The number of hydrogen-bond donors (Lipinski definition) is 0. The molecule has 0 aromatic rings. The van der Waals surface area contributed by atoms with Crippen molar-refractivity contribution in [3.8, 4) is 0 Å². The third kappa shape index (κ3) is 23.9. The second kappa shape index (κ2) is 8.51. The van der Waals surface area contributed by atoms with Crippen LogP contribution in [0.1, 0.15) is 22.2 Å². The first-order chi connectivity index (χ1) is 7.91. The quantitative estimate of drug-likeness (QED) is 0.530. The topological polar surface area (TPSA) is 78.9 Å². The molecule has 7 nitrogen and oxygen atoms in total. The fourth-order valence-electron chi connectivity index (χ4n) is 0.479. The summed E-state index contributed by atoms with van der Waals surface area (Å²) in [5, 5.41) is 0. The van der Waals surface area contributed by atoms with E-state index in [9.17, 15) is 14.4 Å². The molecule has 0 aromatic heterocycles. The van der Waals surface area contributed by atoms with Gasteiger partial charge in [-0.3, -0.25) is 14.4 Å². The predicted molar refractivity (Wildman–Crippen MR) is 66.1 cm³/mol. The van der Waals surface area contributed by atoms with E-state index in [4.69, 9.17) is 0 Å². The van der Waals surface area contributed by atoms with Crippen LogP contribution in [0.25, 0.3) is 0 Å². The lowest BCUT2D eigenvalue weighted by Crippen LogP contribution is -2.32. The van der Waals surface area contributed by atoms with Gasteiger partial charge in [0.2, 0.25) is 0 Å². The van der Waals surface area contributed by atoms with Crippen molar-refractivity contribution >= 4 is 25.2 Å². The van der Waals surface area contributed by atoms with Crippen molar-refractivity contribution < 1.29 is 34.3 Å². The molecule has 0 N–H and O–H groups in total. The highest BCUT2D eigenvalue weighted by Crippen LogP contribution is 1.94. The Hall–Kier alpha value is -1.57. The van der Waals surface area contributed by atoms with Crippen LogP contribution in [-0.4, -0.2) is 57.9 Å². The monoisotopic (exact) mass is 263 g/mol. The molecule has 0 atom stereocenters. The van der Waals surface area contributed by atoms with Gasteiger partial charge in [-0.1, -0.05) is 0 Å². The van der Waals surface area contributed by atoms with E-state index in [0.717, 1.165) is 25.3 Å². The highest BCUT2D eigenvalue weighted by atomic mass is 16.8. The van der Waals surface area contributed by atoms with E-state index in [2.05, 4.69) is 42.2 Å². The van der Waals surface area contributed by atoms with Gasteiger partial charge in [0.15, 0.2) is 0 Å². The molecule has 0 aliphatic rings. The Labute approximate surface area is 109 Å². The Morgan fingerprint density at radius 2 is 0.944 bits per heavy atom. The van der Waals surface area contributed by atoms with Crippen molar-refractivity contribution in [1.82, 2.24) is 0 Å². The lowest BCUT2D eigenvalue weighted by atomic mass is 10.2. The zero-order valence-corrected chi connectivity index (χ0v) is 12.0. The standard InChI is InChI=1S/C6H9BO6.C4H12N.H/c1-4(8)11-7(12-5(2)9)13-6(3)10;1-5(2,3)4;/h1-3H3;1-4H3;/q;+1;-1. The number of carbonyl (C=O) groups is 3. The minimum absolute atomic E-state index is 0. The average Bonchev–Trinajstić information content (AvgIpc) is 1.94. The first-order valence-electron chi connectivity index (χ1n) is 5.22. The Bertz CT molecular complexity index is 261. The summed E-state index contributed by atoms with van der Waals surface area (Å²) in [5.74, 6) is -2.15. The molecule has 0 saturated heterocycles. The molecule has 0 fully saturated rings. The van der Waals surface area contributed by atoms with Gasteiger partial charge < -0.3 is 19.9 Å². The van der Waals surface area contributed by atoms with Gasteiger partial charge in [0, 0.05) is 20.8 Å². The maximum Gasteiger partial charge on any atom is 0.870 e. The number of hydrogen-bond acceptors (Lipinski definition) is 6. The minimum Gasteiger partial charge on any atom is -1.00 e. The van der Waals surface area contributed by atoms with Gasteiger partial charge in [-0.25, -0.2) is 0 Å². The molecular weight excluding hydrogens is 241 g/mol. The van der Waals surface area contributed by atoms with Gasteiger partial charge in [-0.2, -0.15) is 0 Å². The summed E-state index contributed by atoms with van der Waals surface area (Å²) < 4.78 is 14.0. The highest BCUT2D eigenvalue weighted by molar-refractivity contribution is 6.43. The largest absolute Gasteiger partial charge is 1.00 e. The zero-order chi connectivity index (χ0) is 14.9. The Morgan fingerprint density at radius 1 is 0.778 bits per heavy atom. The van der Waals surface area contributed by atoms with E-state index in [1.807, 2.05) is 0 Å². The molecule has 0 aliphatic heterocycles. The normalized spacial score (nSPS) is 9.50. The van der Waals surface area contributed by atoms with Gasteiger partial charge in [-0.05, 0) is 0 Å². The molecule has 0 bridgehead atoms. The molecule has 106 valence electrons. The van der Waals surface area contributed by atoms with E-state index < -0.39 is 25.2 Å². The van der Waals surface area contributed by atoms with Crippen LogP contribution in [0, 0.1) is 0 Å². The molecule has 8 heteroatoms. The third-order valence-corrected chi connectivity index (χ3v) is 0.787. The van der Waals surface area contributed by atoms with Crippen LogP contribution >= 0.6 is 0 Å². The van der Waals surface area contributed by atoms with Crippen LogP contribution in [0.4, 0.5) is 0 Å². The maximum absolute atomic E-state index is 10.4. The van der Waals surface area contributed by atoms with Crippen LogP contribution < -0.4 is 0 Å². The van der Waals surface area contributed by atoms with Crippen LogP contribution in [0.5, 0.6) is 0 Å². The first kappa shape index (κ1) is 18.8. The van der Waals surface area contributed by atoms with Crippen molar-refractivity contribution in [3.63, 3.8) is 0 Å². The molecule has 18 heavy (non-hydrogen) atoms. The summed E-state index contributed by atoms with van der Waals surface area (Å²) in [7, 11) is 6.91. The van der Waals surface area contributed by atoms with E-state index in [1.165, 1.54) is 0 Å². The molecule has 0 radical (unpaired) electrons. The highest BCUT2D eigenvalue weighted by Gasteiger charge is 2.33. The smallest absolute Gasteiger partial charge is 0.870 e. The molecule has 0 heterocycles. The molecule has 0 rings (SSSR count). The van der Waals surface area contributed by atoms with Gasteiger partial charge in [0.05, 0.1) is 28.2 Å². The summed E-state index contributed by atoms with van der Waals surface area (Å²) in [6.07, 6.45) is 0. The molecule has 0 unspecified atom stereocenters. The summed E-state index contributed by atoms with van der Waals surface area (Å²) in [6.45, 7) is 3.29. The molecule has 0 amide bonds. The lowest BCUT2D eigenvalue weighted by Gasteiger charge is -2.14. The molecule has 0 aliphatic carbocycles. The number of quaternary nitrogens is 1. The van der Waals surface area contributed by atoms with E-state index >= 15 is 0 Å². The van der Waals surface area contributed by atoms with Crippen molar-refractivity contribution in [3.05, 3.63) is 0 Å².